The highest BCUT2D eigenvalue weighted by Gasteiger charge is 2.15. The van der Waals surface area contributed by atoms with Crippen LogP contribution in [-0.2, 0) is 13.2 Å². The van der Waals surface area contributed by atoms with Gasteiger partial charge in [-0.2, -0.15) is 0 Å². The molecule has 1 N–H and O–H groups in total. The molecule has 1 amide bonds. The van der Waals surface area contributed by atoms with E-state index in [0.29, 0.717) is 25.3 Å². The Bertz CT molecular complexity index is 1520. The van der Waals surface area contributed by atoms with Crippen molar-refractivity contribution in [2.45, 2.75) is 32.9 Å². The molecule has 1 aromatic heterocycles. The van der Waals surface area contributed by atoms with E-state index in [1.165, 1.54) is 5.39 Å². The second-order valence-electron chi connectivity index (χ2n) is 9.07. The summed E-state index contributed by atoms with van der Waals surface area (Å²) >= 11 is 0. The lowest BCUT2D eigenvalue weighted by molar-refractivity contribution is 0.0953. The van der Waals surface area contributed by atoms with Gasteiger partial charge in [0.1, 0.15) is 23.9 Å². The molecule has 4 aromatic carbocycles. The van der Waals surface area contributed by atoms with E-state index in [1.54, 1.807) is 7.11 Å². The number of fused-ring (bicyclic) bond motifs is 2. The number of unbranched alkanes of at least 4 members (excludes halogenated alkanes) is 1. The second kappa shape index (κ2) is 11.2. The molecule has 0 saturated carbocycles. The van der Waals surface area contributed by atoms with Crippen LogP contribution in [0.15, 0.2) is 84.9 Å². The first kappa shape index (κ1) is 24.4. The van der Waals surface area contributed by atoms with Crippen molar-refractivity contribution >= 4 is 27.7 Å². The Kier molecular flexibility index (Phi) is 7.36. The lowest BCUT2D eigenvalue weighted by atomic mass is 10.1. The molecule has 0 radical (unpaired) electrons. The molecule has 5 rings (SSSR count). The van der Waals surface area contributed by atoms with E-state index >= 15 is 0 Å². The van der Waals surface area contributed by atoms with Gasteiger partial charge in [-0.1, -0.05) is 55.8 Å². The molecule has 188 valence electrons. The molecule has 0 aliphatic heterocycles. The minimum atomic E-state index is -0.0750. The predicted molar refractivity (Wildman–Crippen MR) is 147 cm³/mol. The van der Waals surface area contributed by atoms with E-state index in [9.17, 15) is 4.79 Å². The zero-order chi connectivity index (χ0) is 25.6. The molecule has 0 fully saturated rings. The smallest absolute Gasteiger partial charge is 0.251 e. The van der Waals surface area contributed by atoms with Crippen molar-refractivity contribution in [3.8, 4) is 11.5 Å². The molecule has 0 saturated heterocycles. The first-order chi connectivity index (χ1) is 18.1. The van der Waals surface area contributed by atoms with Crippen LogP contribution in [0.25, 0.3) is 21.8 Å². The second-order valence-corrected chi connectivity index (χ2v) is 9.07. The van der Waals surface area contributed by atoms with Crippen LogP contribution in [0.3, 0.4) is 0 Å². The monoisotopic (exact) mass is 493 g/mol. The van der Waals surface area contributed by atoms with Crippen LogP contribution in [0.2, 0.25) is 0 Å². The third kappa shape index (κ3) is 5.59. The van der Waals surface area contributed by atoms with Crippen molar-refractivity contribution in [1.29, 1.82) is 0 Å². The number of benzene rings is 4. The number of ether oxygens (including phenoxy) is 2. The average molecular weight is 494 g/mol. The zero-order valence-corrected chi connectivity index (χ0v) is 21.2. The largest absolute Gasteiger partial charge is 0.497 e. The molecule has 1 heterocycles. The number of imidazole rings is 1. The summed E-state index contributed by atoms with van der Waals surface area (Å²) in [5, 5.41) is 5.29. The Morgan fingerprint density at radius 2 is 1.70 bits per heavy atom. The maximum absolute atomic E-state index is 12.6. The average Bonchev–Trinajstić information content (AvgIpc) is 3.28. The van der Waals surface area contributed by atoms with Gasteiger partial charge in [0.05, 0.1) is 18.1 Å². The van der Waals surface area contributed by atoms with Gasteiger partial charge >= 0.3 is 0 Å². The number of hydrogen-bond donors (Lipinski definition) is 1. The third-order valence-electron chi connectivity index (χ3n) is 6.49. The standard InChI is InChI=1S/C31H31N3O3/c1-3-4-17-32-31(35)25-12-16-29-28(19-25)33-30(34(29)20-22-9-13-26(36-2)14-10-22)21-37-27-15-11-23-7-5-6-8-24(23)18-27/h5-16,18-19H,3-4,17,20-21H2,1-2H3,(H,32,35). The Morgan fingerprint density at radius 1 is 0.919 bits per heavy atom. The fraction of sp³-hybridized carbons (Fsp3) is 0.226. The molecule has 6 nitrogen and oxygen atoms in total. The maximum Gasteiger partial charge on any atom is 0.251 e. The van der Waals surface area contributed by atoms with Crippen LogP contribution in [-0.4, -0.2) is 29.1 Å². The number of carbonyl (C=O) groups excluding carboxylic acids is 1. The molecular formula is C31H31N3O3. The van der Waals surface area contributed by atoms with Gasteiger partial charge in [-0.05, 0) is 65.2 Å². The number of rotatable bonds is 10. The van der Waals surface area contributed by atoms with Crippen molar-refractivity contribution in [3.05, 3.63) is 102 Å². The van der Waals surface area contributed by atoms with E-state index in [1.807, 2.05) is 66.7 Å². The SMILES string of the molecule is CCCCNC(=O)c1ccc2c(c1)nc(COc1ccc3ccccc3c1)n2Cc1ccc(OC)cc1. The number of nitrogens with one attached hydrogen (secondary N) is 1. The van der Waals surface area contributed by atoms with E-state index < -0.39 is 0 Å². The summed E-state index contributed by atoms with van der Waals surface area (Å²) in [5.74, 6) is 2.33. The van der Waals surface area contributed by atoms with Crippen molar-refractivity contribution in [3.63, 3.8) is 0 Å². The number of methoxy groups -OCH3 is 1. The molecule has 5 aromatic rings. The predicted octanol–water partition coefficient (Wildman–Crippen LogP) is 6.36. The molecule has 0 spiro atoms. The topological polar surface area (TPSA) is 65.4 Å². The van der Waals surface area contributed by atoms with Crippen molar-refractivity contribution in [2.24, 2.45) is 0 Å². The summed E-state index contributed by atoms with van der Waals surface area (Å²) in [6, 6.07) is 28.0. The van der Waals surface area contributed by atoms with Gasteiger partial charge in [-0.15, -0.1) is 0 Å². The fourth-order valence-electron chi connectivity index (χ4n) is 4.41. The number of hydrogen-bond acceptors (Lipinski definition) is 4. The normalized spacial score (nSPS) is 11.1. The molecule has 0 bridgehead atoms. The summed E-state index contributed by atoms with van der Waals surface area (Å²) in [5.41, 5.74) is 3.46. The van der Waals surface area contributed by atoms with Gasteiger partial charge in [0, 0.05) is 18.7 Å². The quantitative estimate of drug-likeness (QED) is 0.230. The Balaban J connectivity index is 1.45. The van der Waals surface area contributed by atoms with Gasteiger partial charge in [0.15, 0.2) is 0 Å². The molecule has 6 heteroatoms. The van der Waals surface area contributed by atoms with Crippen LogP contribution in [0.1, 0.15) is 41.5 Å². The van der Waals surface area contributed by atoms with Gasteiger partial charge < -0.3 is 19.4 Å². The van der Waals surface area contributed by atoms with E-state index in [4.69, 9.17) is 14.5 Å². The first-order valence-corrected chi connectivity index (χ1v) is 12.7. The van der Waals surface area contributed by atoms with Crippen molar-refractivity contribution < 1.29 is 14.3 Å². The zero-order valence-electron chi connectivity index (χ0n) is 21.2. The fourth-order valence-corrected chi connectivity index (χ4v) is 4.41. The minimum absolute atomic E-state index is 0.0750. The van der Waals surface area contributed by atoms with Crippen LogP contribution in [0, 0.1) is 0 Å². The molecular weight excluding hydrogens is 462 g/mol. The summed E-state index contributed by atoms with van der Waals surface area (Å²) in [6.45, 7) is 3.71. The van der Waals surface area contributed by atoms with Crippen LogP contribution in [0.4, 0.5) is 0 Å². The number of aromatic nitrogens is 2. The van der Waals surface area contributed by atoms with E-state index in [0.717, 1.165) is 52.1 Å². The van der Waals surface area contributed by atoms with Gasteiger partial charge in [-0.3, -0.25) is 4.79 Å². The summed E-state index contributed by atoms with van der Waals surface area (Å²) in [7, 11) is 1.66. The van der Waals surface area contributed by atoms with E-state index in [2.05, 4.69) is 35.0 Å². The third-order valence-corrected chi connectivity index (χ3v) is 6.49. The highest BCUT2D eigenvalue weighted by atomic mass is 16.5. The molecule has 0 unspecified atom stereocenters. The first-order valence-electron chi connectivity index (χ1n) is 12.7. The Labute approximate surface area is 216 Å². The summed E-state index contributed by atoms with van der Waals surface area (Å²) in [4.78, 5) is 17.5. The number of carbonyl (C=O) groups is 1. The number of nitrogens with zero attached hydrogens (tertiary/aromatic N) is 2. The number of amides is 1. The summed E-state index contributed by atoms with van der Waals surface area (Å²) < 4.78 is 13.7. The lowest BCUT2D eigenvalue weighted by Gasteiger charge is -2.12. The molecule has 0 aliphatic carbocycles. The Hall–Kier alpha value is -4.32. The van der Waals surface area contributed by atoms with Gasteiger partial charge in [0.2, 0.25) is 0 Å². The van der Waals surface area contributed by atoms with Gasteiger partial charge in [-0.25, -0.2) is 4.98 Å². The Morgan fingerprint density at radius 3 is 2.49 bits per heavy atom. The van der Waals surface area contributed by atoms with Crippen LogP contribution >= 0.6 is 0 Å². The summed E-state index contributed by atoms with van der Waals surface area (Å²) in [6.07, 6.45) is 2.00. The van der Waals surface area contributed by atoms with E-state index in [-0.39, 0.29) is 5.91 Å². The molecule has 37 heavy (non-hydrogen) atoms. The molecule has 0 atom stereocenters. The van der Waals surface area contributed by atoms with Gasteiger partial charge in [0.25, 0.3) is 5.91 Å². The highest BCUT2D eigenvalue weighted by Crippen LogP contribution is 2.24. The van der Waals surface area contributed by atoms with Crippen molar-refractivity contribution in [1.82, 2.24) is 14.9 Å². The highest BCUT2D eigenvalue weighted by molar-refractivity contribution is 5.97. The van der Waals surface area contributed by atoms with Crippen molar-refractivity contribution in [2.75, 3.05) is 13.7 Å². The minimum Gasteiger partial charge on any atom is -0.497 e. The van der Waals surface area contributed by atoms with Crippen LogP contribution < -0.4 is 14.8 Å². The van der Waals surface area contributed by atoms with Crippen LogP contribution in [0.5, 0.6) is 11.5 Å². The lowest BCUT2D eigenvalue weighted by Crippen LogP contribution is -2.24. The molecule has 0 aliphatic rings. The maximum atomic E-state index is 12.6.